The summed E-state index contributed by atoms with van der Waals surface area (Å²) in [6, 6.07) is 11.9. The van der Waals surface area contributed by atoms with Crippen LogP contribution in [0.5, 0.6) is 0 Å². The smallest absolute Gasteiger partial charge is 0.0937 e. The molecule has 1 heteroatoms. The standard InChI is InChI=1S/C8H8.C4H5N/c1-2-8-6-4-3-5-7-8;1-4(2)3-5/h2-7H,1H2;1H2,2H3. The van der Waals surface area contributed by atoms with Crippen molar-refractivity contribution in [1.82, 2.24) is 0 Å². The van der Waals surface area contributed by atoms with E-state index < -0.39 is 0 Å². The average molecular weight is 171 g/mol. The molecule has 1 nitrogen and oxygen atoms in total. The van der Waals surface area contributed by atoms with Gasteiger partial charge in [-0.15, -0.1) is 0 Å². The first-order chi connectivity index (χ1) is 6.20. The van der Waals surface area contributed by atoms with Gasteiger partial charge in [-0.3, -0.25) is 0 Å². The number of allylic oxidation sites excluding steroid dienone is 1. The third-order valence-electron chi connectivity index (χ3n) is 1.23. The van der Waals surface area contributed by atoms with Crippen LogP contribution in [0.25, 0.3) is 6.08 Å². The van der Waals surface area contributed by atoms with Crippen molar-refractivity contribution in [2.45, 2.75) is 6.92 Å². The molecule has 0 spiro atoms. The van der Waals surface area contributed by atoms with Gasteiger partial charge in [-0.25, -0.2) is 0 Å². The Morgan fingerprint density at radius 2 is 1.85 bits per heavy atom. The number of hydrogen-bond donors (Lipinski definition) is 0. The summed E-state index contributed by atoms with van der Waals surface area (Å²) >= 11 is 0. The van der Waals surface area contributed by atoms with E-state index in [0.29, 0.717) is 5.57 Å². The fourth-order valence-electron chi connectivity index (χ4n) is 0.589. The van der Waals surface area contributed by atoms with Gasteiger partial charge in [-0.1, -0.05) is 49.6 Å². The number of rotatable bonds is 1. The highest BCUT2D eigenvalue weighted by Crippen LogP contribution is 1.97. The molecule has 1 rings (SSSR count). The Hall–Kier alpha value is -1.81. The van der Waals surface area contributed by atoms with Crippen LogP contribution in [0, 0.1) is 11.3 Å². The zero-order chi connectivity index (χ0) is 10.1. The van der Waals surface area contributed by atoms with Crippen LogP contribution >= 0.6 is 0 Å². The second kappa shape index (κ2) is 6.87. The number of benzene rings is 1. The Morgan fingerprint density at radius 1 is 1.38 bits per heavy atom. The normalized spacial score (nSPS) is 7.38. The summed E-state index contributed by atoms with van der Waals surface area (Å²) < 4.78 is 0. The maximum atomic E-state index is 7.79. The topological polar surface area (TPSA) is 23.8 Å². The molecule has 1 aromatic rings. The van der Waals surface area contributed by atoms with Crippen molar-refractivity contribution in [3.8, 4) is 6.07 Å². The molecule has 0 heterocycles. The van der Waals surface area contributed by atoms with Crippen molar-refractivity contribution >= 4 is 6.08 Å². The molecule has 1 aromatic carbocycles. The van der Waals surface area contributed by atoms with Gasteiger partial charge in [-0.05, 0) is 12.5 Å². The van der Waals surface area contributed by atoms with Gasteiger partial charge in [0.25, 0.3) is 0 Å². The zero-order valence-electron chi connectivity index (χ0n) is 7.83. The van der Waals surface area contributed by atoms with Crippen molar-refractivity contribution in [2.24, 2.45) is 0 Å². The lowest BCUT2D eigenvalue weighted by molar-refractivity contribution is 1.46. The first kappa shape index (κ1) is 11.2. The maximum absolute atomic E-state index is 7.79. The highest BCUT2D eigenvalue weighted by atomic mass is 14.2. The van der Waals surface area contributed by atoms with Crippen LogP contribution < -0.4 is 0 Å². The van der Waals surface area contributed by atoms with Gasteiger partial charge in [0.15, 0.2) is 0 Å². The lowest BCUT2D eigenvalue weighted by Gasteiger charge is -1.85. The van der Waals surface area contributed by atoms with E-state index in [1.165, 1.54) is 5.56 Å². The highest BCUT2D eigenvalue weighted by Gasteiger charge is 1.75. The predicted molar refractivity (Wildman–Crippen MR) is 57.0 cm³/mol. The second-order valence-electron chi connectivity index (χ2n) is 2.51. The Labute approximate surface area is 79.6 Å². The Kier molecular flexibility index (Phi) is 5.92. The molecule has 0 N–H and O–H groups in total. The lowest BCUT2D eigenvalue weighted by atomic mass is 10.2. The van der Waals surface area contributed by atoms with E-state index in [0.717, 1.165) is 0 Å². The van der Waals surface area contributed by atoms with Crippen LogP contribution in [0.2, 0.25) is 0 Å². The van der Waals surface area contributed by atoms with Gasteiger partial charge in [0.2, 0.25) is 0 Å². The molecule has 0 saturated carbocycles. The molecule has 0 radical (unpaired) electrons. The van der Waals surface area contributed by atoms with Crippen molar-refractivity contribution < 1.29 is 0 Å². The molecule has 0 aliphatic rings. The first-order valence-electron chi connectivity index (χ1n) is 3.93. The van der Waals surface area contributed by atoms with Crippen molar-refractivity contribution in [3.63, 3.8) is 0 Å². The molecule has 13 heavy (non-hydrogen) atoms. The van der Waals surface area contributed by atoms with E-state index in [9.17, 15) is 0 Å². The first-order valence-corrected chi connectivity index (χ1v) is 3.93. The zero-order valence-corrected chi connectivity index (χ0v) is 7.83. The van der Waals surface area contributed by atoms with Crippen LogP contribution in [0.4, 0.5) is 0 Å². The van der Waals surface area contributed by atoms with Gasteiger partial charge in [0, 0.05) is 5.57 Å². The molecule has 0 amide bonds. The summed E-state index contributed by atoms with van der Waals surface area (Å²) in [5.74, 6) is 0. The SMILES string of the molecule is C=C(C)C#N.C=Cc1ccccc1. The minimum absolute atomic E-state index is 0.560. The molecule has 0 unspecified atom stereocenters. The molecule has 66 valence electrons. The summed E-state index contributed by atoms with van der Waals surface area (Å²) in [5.41, 5.74) is 1.73. The molecule has 0 fully saturated rings. The summed E-state index contributed by atoms with van der Waals surface area (Å²) in [7, 11) is 0. The third kappa shape index (κ3) is 6.58. The summed E-state index contributed by atoms with van der Waals surface area (Å²) in [6.45, 7) is 8.61. The van der Waals surface area contributed by atoms with E-state index in [-0.39, 0.29) is 0 Å². The van der Waals surface area contributed by atoms with Crippen molar-refractivity contribution in [2.75, 3.05) is 0 Å². The summed E-state index contributed by atoms with van der Waals surface area (Å²) in [6.07, 6.45) is 1.83. The van der Waals surface area contributed by atoms with Crippen molar-refractivity contribution in [3.05, 3.63) is 54.6 Å². The van der Waals surface area contributed by atoms with Crippen molar-refractivity contribution in [1.29, 1.82) is 5.26 Å². The van der Waals surface area contributed by atoms with E-state index in [1.54, 1.807) is 6.92 Å². The molecule has 0 aliphatic carbocycles. The summed E-state index contributed by atoms with van der Waals surface area (Å²) in [4.78, 5) is 0. The molecule has 0 saturated heterocycles. The molecule has 0 bridgehead atoms. The van der Waals surface area contributed by atoms with Gasteiger partial charge >= 0.3 is 0 Å². The highest BCUT2D eigenvalue weighted by molar-refractivity contribution is 5.45. The van der Waals surface area contributed by atoms with E-state index in [4.69, 9.17) is 5.26 Å². The number of hydrogen-bond acceptors (Lipinski definition) is 1. The molecule has 0 atom stereocenters. The fraction of sp³-hybridized carbons (Fsp3) is 0.0833. The Bertz CT molecular complexity index is 304. The largest absolute Gasteiger partial charge is 0.193 e. The van der Waals surface area contributed by atoms with Crippen LogP contribution in [0.15, 0.2) is 49.1 Å². The molecular formula is C12H13N. The quantitative estimate of drug-likeness (QED) is 0.594. The van der Waals surface area contributed by atoms with Gasteiger partial charge in [0.05, 0.1) is 6.07 Å². The number of nitriles is 1. The molecule has 0 aliphatic heterocycles. The minimum Gasteiger partial charge on any atom is -0.193 e. The van der Waals surface area contributed by atoms with E-state index in [2.05, 4.69) is 13.2 Å². The Balaban J connectivity index is 0.000000252. The van der Waals surface area contributed by atoms with Crippen LogP contribution in [-0.2, 0) is 0 Å². The molecule has 0 aromatic heterocycles. The van der Waals surface area contributed by atoms with Gasteiger partial charge in [0.1, 0.15) is 0 Å². The van der Waals surface area contributed by atoms with Crippen LogP contribution in [0.1, 0.15) is 12.5 Å². The average Bonchev–Trinajstić information content (AvgIpc) is 2.20. The lowest BCUT2D eigenvalue weighted by Crippen LogP contribution is -1.63. The third-order valence-corrected chi connectivity index (χ3v) is 1.23. The minimum atomic E-state index is 0.560. The Morgan fingerprint density at radius 3 is 2.08 bits per heavy atom. The maximum Gasteiger partial charge on any atom is 0.0937 e. The predicted octanol–water partition coefficient (Wildman–Crippen LogP) is 3.42. The van der Waals surface area contributed by atoms with Gasteiger partial charge in [-0.2, -0.15) is 5.26 Å². The van der Waals surface area contributed by atoms with Crippen LogP contribution in [0.3, 0.4) is 0 Å². The van der Waals surface area contributed by atoms with Gasteiger partial charge < -0.3 is 0 Å². The second-order valence-corrected chi connectivity index (χ2v) is 2.51. The number of nitrogens with zero attached hydrogens (tertiary/aromatic N) is 1. The van der Waals surface area contributed by atoms with E-state index >= 15 is 0 Å². The fourth-order valence-corrected chi connectivity index (χ4v) is 0.589. The summed E-state index contributed by atoms with van der Waals surface area (Å²) in [5, 5.41) is 7.79. The monoisotopic (exact) mass is 171 g/mol. The van der Waals surface area contributed by atoms with Crippen LogP contribution in [-0.4, -0.2) is 0 Å². The molecular weight excluding hydrogens is 158 g/mol. The van der Waals surface area contributed by atoms with E-state index in [1.807, 2.05) is 42.5 Å².